The average Bonchev–Trinajstić information content (AvgIpc) is 3.13. The SMILES string of the molecule is CC1(C#N)CC(CN)C1.O=C1CCC(N2Cc3cc(OC4CCCCC4)ccc3C2=O)C(=O)N1. The number of fused-ring (bicyclic) bond motifs is 1. The molecule has 1 unspecified atom stereocenters. The highest BCUT2D eigenvalue weighted by Gasteiger charge is 2.40. The Kier molecular flexibility index (Phi) is 7.22. The molecule has 0 spiro atoms. The van der Waals surface area contributed by atoms with E-state index < -0.39 is 6.04 Å². The van der Waals surface area contributed by atoms with Crippen molar-refractivity contribution in [3.8, 4) is 11.8 Å². The van der Waals surface area contributed by atoms with Gasteiger partial charge in [0, 0.05) is 18.5 Å². The van der Waals surface area contributed by atoms with Crippen molar-refractivity contribution in [2.75, 3.05) is 6.54 Å². The van der Waals surface area contributed by atoms with Crippen LogP contribution in [-0.2, 0) is 16.1 Å². The van der Waals surface area contributed by atoms with Crippen LogP contribution in [0.4, 0.5) is 0 Å². The van der Waals surface area contributed by atoms with Gasteiger partial charge in [-0.05, 0) is 88.1 Å². The highest BCUT2D eigenvalue weighted by molar-refractivity contribution is 6.05. The number of imide groups is 1. The number of hydrogen-bond donors (Lipinski definition) is 2. The molecule has 182 valence electrons. The summed E-state index contributed by atoms with van der Waals surface area (Å²) in [6.07, 6.45) is 8.77. The molecule has 8 heteroatoms. The van der Waals surface area contributed by atoms with Gasteiger partial charge in [-0.2, -0.15) is 5.26 Å². The van der Waals surface area contributed by atoms with Gasteiger partial charge >= 0.3 is 0 Å². The van der Waals surface area contributed by atoms with Crippen LogP contribution >= 0.6 is 0 Å². The number of ether oxygens (including phenoxy) is 1. The van der Waals surface area contributed by atoms with Gasteiger partial charge in [-0.25, -0.2) is 0 Å². The van der Waals surface area contributed by atoms with Crippen LogP contribution < -0.4 is 15.8 Å². The molecule has 5 rings (SSSR count). The summed E-state index contributed by atoms with van der Waals surface area (Å²) in [5, 5.41) is 10.9. The number of hydrogen-bond acceptors (Lipinski definition) is 6. The molecule has 2 saturated carbocycles. The first-order valence-corrected chi connectivity index (χ1v) is 12.4. The number of carbonyl (C=O) groups excluding carboxylic acids is 3. The third kappa shape index (κ3) is 5.25. The summed E-state index contributed by atoms with van der Waals surface area (Å²) in [7, 11) is 0. The molecule has 0 radical (unpaired) electrons. The number of nitriles is 1. The van der Waals surface area contributed by atoms with Crippen LogP contribution in [0.25, 0.3) is 0 Å². The van der Waals surface area contributed by atoms with E-state index in [0.717, 1.165) is 43.5 Å². The number of piperidine rings is 1. The smallest absolute Gasteiger partial charge is 0.255 e. The second-order valence-electron chi connectivity index (χ2n) is 10.3. The molecule has 1 aromatic rings. The van der Waals surface area contributed by atoms with Gasteiger partial charge in [0.25, 0.3) is 5.91 Å². The molecule has 1 aromatic carbocycles. The van der Waals surface area contributed by atoms with Crippen LogP contribution in [0, 0.1) is 22.7 Å². The maximum Gasteiger partial charge on any atom is 0.255 e. The van der Waals surface area contributed by atoms with Crippen LogP contribution in [0.1, 0.15) is 80.6 Å². The van der Waals surface area contributed by atoms with Gasteiger partial charge < -0.3 is 15.4 Å². The maximum absolute atomic E-state index is 12.6. The normalized spacial score (nSPS) is 28.7. The second kappa shape index (κ2) is 10.1. The first-order valence-electron chi connectivity index (χ1n) is 12.4. The molecule has 3 N–H and O–H groups in total. The first kappa shape index (κ1) is 24.2. The molecule has 0 aromatic heterocycles. The van der Waals surface area contributed by atoms with Crippen LogP contribution in [0.2, 0.25) is 0 Å². The van der Waals surface area contributed by atoms with Crippen molar-refractivity contribution >= 4 is 17.7 Å². The van der Waals surface area contributed by atoms with Crippen LogP contribution in [0.15, 0.2) is 18.2 Å². The quantitative estimate of drug-likeness (QED) is 0.657. The largest absolute Gasteiger partial charge is 0.490 e. The van der Waals surface area contributed by atoms with Gasteiger partial charge in [0.2, 0.25) is 11.8 Å². The summed E-state index contributed by atoms with van der Waals surface area (Å²) >= 11 is 0. The monoisotopic (exact) mass is 466 g/mol. The van der Waals surface area contributed by atoms with E-state index in [-0.39, 0.29) is 35.7 Å². The molecule has 2 aliphatic carbocycles. The standard InChI is InChI=1S/C19H22N2O4.C7H12N2/c22-17-9-8-16(18(23)20-17)21-11-12-10-14(6-7-15(12)19(21)24)25-13-4-2-1-3-5-13;1-7(5-9)2-6(3-7)4-8/h6-7,10,13,16H,1-5,8-9,11H2,(H,20,22,23);6H,2-4,8H2,1H3. The minimum Gasteiger partial charge on any atom is -0.490 e. The van der Waals surface area contributed by atoms with Crippen molar-refractivity contribution in [2.45, 2.75) is 83.4 Å². The van der Waals surface area contributed by atoms with Crippen molar-refractivity contribution in [2.24, 2.45) is 17.1 Å². The zero-order chi connectivity index (χ0) is 24.3. The molecule has 3 amide bonds. The Hall–Kier alpha value is -2.92. The van der Waals surface area contributed by atoms with Crippen LogP contribution in [-0.4, -0.2) is 41.3 Å². The molecule has 1 saturated heterocycles. The predicted octanol–water partition coefficient (Wildman–Crippen LogP) is 3.04. The van der Waals surface area contributed by atoms with E-state index >= 15 is 0 Å². The number of benzene rings is 1. The summed E-state index contributed by atoms with van der Waals surface area (Å²) in [5.41, 5.74) is 6.88. The molecule has 1 atom stereocenters. The zero-order valence-corrected chi connectivity index (χ0v) is 19.8. The fourth-order valence-electron chi connectivity index (χ4n) is 5.47. The van der Waals surface area contributed by atoms with E-state index in [9.17, 15) is 14.4 Å². The Morgan fingerprint density at radius 3 is 2.56 bits per heavy atom. The number of carbonyl (C=O) groups is 3. The van der Waals surface area contributed by atoms with Gasteiger partial charge in [-0.3, -0.25) is 19.7 Å². The van der Waals surface area contributed by atoms with Crippen molar-refractivity contribution in [3.05, 3.63) is 29.3 Å². The number of nitrogens with two attached hydrogens (primary N) is 1. The predicted molar refractivity (Wildman–Crippen MR) is 125 cm³/mol. The Bertz CT molecular complexity index is 989. The lowest BCUT2D eigenvalue weighted by Crippen LogP contribution is -2.52. The summed E-state index contributed by atoms with van der Waals surface area (Å²) < 4.78 is 6.08. The Morgan fingerprint density at radius 2 is 1.91 bits per heavy atom. The minimum absolute atomic E-state index is 0.0377. The van der Waals surface area contributed by atoms with Crippen molar-refractivity contribution in [1.29, 1.82) is 5.26 Å². The fourth-order valence-corrected chi connectivity index (χ4v) is 5.47. The van der Waals surface area contributed by atoms with E-state index in [1.807, 2.05) is 19.1 Å². The molecule has 4 aliphatic rings. The Labute approximate surface area is 200 Å². The number of amides is 3. The Morgan fingerprint density at radius 1 is 1.18 bits per heavy atom. The highest BCUT2D eigenvalue weighted by atomic mass is 16.5. The zero-order valence-electron chi connectivity index (χ0n) is 19.8. The lowest BCUT2D eigenvalue weighted by atomic mass is 9.64. The highest BCUT2D eigenvalue weighted by Crippen LogP contribution is 2.43. The topological polar surface area (TPSA) is 126 Å². The van der Waals surface area contributed by atoms with Gasteiger partial charge in [0.05, 0.1) is 17.6 Å². The average molecular weight is 467 g/mol. The molecule has 8 nitrogen and oxygen atoms in total. The summed E-state index contributed by atoms with van der Waals surface area (Å²) in [4.78, 5) is 37.6. The molecule has 34 heavy (non-hydrogen) atoms. The second-order valence-corrected chi connectivity index (χ2v) is 10.3. The summed E-state index contributed by atoms with van der Waals surface area (Å²) in [5.74, 6) is 0.622. The van der Waals surface area contributed by atoms with Crippen molar-refractivity contribution in [1.82, 2.24) is 10.2 Å². The molecular weight excluding hydrogens is 432 g/mol. The fraction of sp³-hybridized carbons (Fsp3) is 0.615. The summed E-state index contributed by atoms with van der Waals surface area (Å²) in [6, 6.07) is 7.28. The van der Waals surface area contributed by atoms with E-state index in [1.165, 1.54) is 19.3 Å². The van der Waals surface area contributed by atoms with E-state index in [4.69, 9.17) is 15.7 Å². The summed E-state index contributed by atoms with van der Waals surface area (Å²) in [6.45, 7) is 3.14. The Balaban J connectivity index is 0.000000257. The lowest BCUT2D eigenvalue weighted by molar-refractivity contribution is -0.136. The van der Waals surface area contributed by atoms with Gasteiger partial charge in [0.15, 0.2) is 0 Å². The van der Waals surface area contributed by atoms with Crippen molar-refractivity contribution in [3.63, 3.8) is 0 Å². The van der Waals surface area contributed by atoms with E-state index in [0.29, 0.717) is 24.4 Å². The van der Waals surface area contributed by atoms with Gasteiger partial charge in [-0.1, -0.05) is 6.42 Å². The third-order valence-electron chi connectivity index (χ3n) is 7.43. The molecule has 2 heterocycles. The lowest BCUT2D eigenvalue weighted by Gasteiger charge is -2.39. The molecular formula is C26H34N4O4. The van der Waals surface area contributed by atoms with Crippen LogP contribution in [0.3, 0.4) is 0 Å². The number of rotatable bonds is 4. The number of nitrogens with one attached hydrogen (secondary N) is 1. The molecule has 3 fully saturated rings. The first-order chi connectivity index (χ1) is 16.3. The van der Waals surface area contributed by atoms with E-state index in [2.05, 4.69) is 11.4 Å². The van der Waals surface area contributed by atoms with Gasteiger partial charge in [0.1, 0.15) is 11.8 Å². The van der Waals surface area contributed by atoms with E-state index in [1.54, 1.807) is 11.0 Å². The van der Waals surface area contributed by atoms with Crippen LogP contribution in [0.5, 0.6) is 5.75 Å². The van der Waals surface area contributed by atoms with Crippen molar-refractivity contribution < 1.29 is 19.1 Å². The minimum atomic E-state index is -0.569. The van der Waals surface area contributed by atoms with Gasteiger partial charge in [-0.15, -0.1) is 0 Å². The third-order valence-corrected chi connectivity index (χ3v) is 7.43. The maximum atomic E-state index is 12.6. The number of nitrogens with zero attached hydrogens (tertiary/aromatic N) is 2. The molecule has 0 bridgehead atoms. The molecule has 2 aliphatic heterocycles.